The van der Waals surface area contributed by atoms with Crippen LogP contribution in [0.2, 0.25) is 0 Å². The zero-order valence-electron chi connectivity index (χ0n) is 13.6. The monoisotopic (exact) mass is 274 g/mol. The summed E-state index contributed by atoms with van der Waals surface area (Å²) >= 11 is 0. The molecule has 1 aliphatic rings. The van der Waals surface area contributed by atoms with Crippen LogP contribution in [0.1, 0.15) is 54.5 Å². The molecule has 1 heterocycles. The molecule has 1 aliphatic heterocycles. The number of aryl methyl sites for hydroxylation is 3. The predicted molar refractivity (Wildman–Crippen MR) is 87.4 cm³/mol. The molecule has 20 heavy (non-hydrogen) atoms. The molecule has 0 radical (unpaired) electrons. The van der Waals surface area contributed by atoms with Crippen molar-refractivity contribution in [2.24, 2.45) is 0 Å². The minimum Gasteiger partial charge on any atom is -0.310 e. The van der Waals surface area contributed by atoms with E-state index in [9.17, 15) is 0 Å². The van der Waals surface area contributed by atoms with E-state index >= 15 is 0 Å². The van der Waals surface area contributed by atoms with E-state index in [-0.39, 0.29) is 0 Å². The van der Waals surface area contributed by atoms with E-state index < -0.39 is 0 Å². The van der Waals surface area contributed by atoms with Gasteiger partial charge in [0, 0.05) is 6.04 Å². The molecular formula is C18H30N2. The fourth-order valence-corrected chi connectivity index (χ4v) is 3.19. The standard InChI is InChI=1S/C18H30N2/c1-14-12-16(3)18(13-15(14)2)17(4)19-8-7-11-20-9-5-6-10-20/h12-13,17,19H,5-11H2,1-4H3. The van der Waals surface area contributed by atoms with Crippen molar-refractivity contribution >= 4 is 0 Å². The maximum Gasteiger partial charge on any atom is 0.0294 e. The van der Waals surface area contributed by atoms with E-state index in [1.807, 2.05) is 0 Å². The van der Waals surface area contributed by atoms with Gasteiger partial charge >= 0.3 is 0 Å². The minimum absolute atomic E-state index is 0.452. The Hall–Kier alpha value is -0.860. The van der Waals surface area contributed by atoms with Gasteiger partial charge in [0.15, 0.2) is 0 Å². The molecule has 0 spiro atoms. The molecule has 1 saturated heterocycles. The lowest BCUT2D eigenvalue weighted by atomic mass is 9.96. The Labute approximate surface area is 124 Å². The molecule has 0 amide bonds. The number of nitrogens with zero attached hydrogens (tertiary/aromatic N) is 1. The third-order valence-electron chi connectivity index (χ3n) is 4.65. The summed E-state index contributed by atoms with van der Waals surface area (Å²) in [4.78, 5) is 2.59. The van der Waals surface area contributed by atoms with E-state index in [0.29, 0.717) is 6.04 Å². The zero-order chi connectivity index (χ0) is 14.5. The topological polar surface area (TPSA) is 15.3 Å². The highest BCUT2D eigenvalue weighted by Crippen LogP contribution is 2.21. The molecule has 1 N–H and O–H groups in total. The summed E-state index contributed by atoms with van der Waals surface area (Å²) < 4.78 is 0. The van der Waals surface area contributed by atoms with Crippen LogP contribution in [-0.2, 0) is 0 Å². The molecule has 1 aromatic carbocycles. The van der Waals surface area contributed by atoms with Crippen molar-refractivity contribution < 1.29 is 0 Å². The highest BCUT2D eigenvalue weighted by atomic mass is 15.1. The number of hydrogen-bond donors (Lipinski definition) is 1. The van der Waals surface area contributed by atoms with Crippen molar-refractivity contribution in [2.45, 2.75) is 53.0 Å². The van der Waals surface area contributed by atoms with Crippen LogP contribution in [0.15, 0.2) is 12.1 Å². The third kappa shape index (κ3) is 4.07. The Bertz CT molecular complexity index is 433. The lowest BCUT2D eigenvalue weighted by Crippen LogP contribution is -2.26. The van der Waals surface area contributed by atoms with Crippen LogP contribution >= 0.6 is 0 Å². The summed E-state index contributed by atoms with van der Waals surface area (Å²) in [6, 6.07) is 5.11. The van der Waals surface area contributed by atoms with Crippen LogP contribution in [-0.4, -0.2) is 31.1 Å². The van der Waals surface area contributed by atoms with Crippen molar-refractivity contribution in [2.75, 3.05) is 26.2 Å². The molecule has 0 aromatic heterocycles. The predicted octanol–water partition coefficient (Wildman–Crippen LogP) is 3.75. The molecule has 2 heteroatoms. The van der Waals surface area contributed by atoms with E-state index in [0.717, 1.165) is 6.54 Å². The normalized spacial score (nSPS) is 17.6. The Kier molecular flexibility index (Phi) is 5.62. The van der Waals surface area contributed by atoms with Gasteiger partial charge in [0.05, 0.1) is 0 Å². The van der Waals surface area contributed by atoms with Crippen LogP contribution in [0.4, 0.5) is 0 Å². The van der Waals surface area contributed by atoms with Crippen LogP contribution in [0.3, 0.4) is 0 Å². The molecule has 1 atom stereocenters. The van der Waals surface area contributed by atoms with E-state index in [1.165, 1.54) is 61.2 Å². The number of benzene rings is 1. The average molecular weight is 274 g/mol. The first kappa shape index (κ1) is 15.5. The van der Waals surface area contributed by atoms with Crippen molar-refractivity contribution in [3.63, 3.8) is 0 Å². The number of hydrogen-bond acceptors (Lipinski definition) is 2. The minimum atomic E-state index is 0.452. The van der Waals surface area contributed by atoms with E-state index in [2.05, 4.69) is 50.0 Å². The Morgan fingerprint density at radius 1 is 1.05 bits per heavy atom. The van der Waals surface area contributed by atoms with Gasteiger partial charge in [-0.15, -0.1) is 0 Å². The summed E-state index contributed by atoms with van der Waals surface area (Å²) in [5.41, 5.74) is 5.66. The number of nitrogens with one attached hydrogen (secondary N) is 1. The van der Waals surface area contributed by atoms with Crippen molar-refractivity contribution in [3.8, 4) is 0 Å². The second kappa shape index (κ2) is 7.24. The number of rotatable bonds is 6. The van der Waals surface area contributed by atoms with Crippen LogP contribution in [0.5, 0.6) is 0 Å². The molecule has 1 aromatic rings. The van der Waals surface area contributed by atoms with Crippen LogP contribution in [0, 0.1) is 20.8 Å². The molecule has 2 rings (SSSR count). The number of likely N-dealkylation sites (tertiary alicyclic amines) is 1. The zero-order valence-corrected chi connectivity index (χ0v) is 13.6. The molecule has 1 unspecified atom stereocenters. The second-order valence-electron chi connectivity index (χ2n) is 6.37. The summed E-state index contributed by atoms with van der Waals surface area (Å²) in [5, 5.41) is 3.68. The summed E-state index contributed by atoms with van der Waals surface area (Å²) in [6.45, 7) is 13.9. The maximum absolute atomic E-state index is 3.68. The Balaban J connectivity index is 1.79. The van der Waals surface area contributed by atoms with Crippen molar-refractivity contribution in [1.82, 2.24) is 10.2 Å². The summed E-state index contributed by atoms with van der Waals surface area (Å²) in [7, 11) is 0. The van der Waals surface area contributed by atoms with Crippen LogP contribution in [0.25, 0.3) is 0 Å². The van der Waals surface area contributed by atoms with Crippen LogP contribution < -0.4 is 5.32 Å². The van der Waals surface area contributed by atoms with Gasteiger partial charge in [0.1, 0.15) is 0 Å². The highest BCUT2D eigenvalue weighted by Gasteiger charge is 2.12. The van der Waals surface area contributed by atoms with Gasteiger partial charge in [-0.2, -0.15) is 0 Å². The first-order valence-electron chi connectivity index (χ1n) is 8.11. The molecule has 0 bridgehead atoms. The van der Waals surface area contributed by atoms with Crippen molar-refractivity contribution in [1.29, 1.82) is 0 Å². The average Bonchev–Trinajstić information content (AvgIpc) is 2.92. The van der Waals surface area contributed by atoms with Gasteiger partial charge in [0.2, 0.25) is 0 Å². The van der Waals surface area contributed by atoms with Gasteiger partial charge in [-0.1, -0.05) is 12.1 Å². The third-order valence-corrected chi connectivity index (χ3v) is 4.65. The first-order valence-corrected chi connectivity index (χ1v) is 8.11. The largest absolute Gasteiger partial charge is 0.310 e. The summed E-state index contributed by atoms with van der Waals surface area (Å²) in [5.74, 6) is 0. The Morgan fingerprint density at radius 3 is 2.40 bits per heavy atom. The van der Waals surface area contributed by atoms with E-state index in [1.54, 1.807) is 0 Å². The van der Waals surface area contributed by atoms with Gasteiger partial charge in [0.25, 0.3) is 0 Å². The Morgan fingerprint density at radius 2 is 1.70 bits per heavy atom. The smallest absolute Gasteiger partial charge is 0.0294 e. The fourth-order valence-electron chi connectivity index (χ4n) is 3.19. The molecule has 1 fully saturated rings. The molecule has 0 aliphatic carbocycles. The first-order chi connectivity index (χ1) is 9.58. The van der Waals surface area contributed by atoms with Gasteiger partial charge in [-0.25, -0.2) is 0 Å². The van der Waals surface area contributed by atoms with Gasteiger partial charge < -0.3 is 10.2 Å². The van der Waals surface area contributed by atoms with Crippen molar-refractivity contribution in [3.05, 3.63) is 34.4 Å². The quantitative estimate of drug-likeness (QED) is 0.795. The molecule has 0 saturated carbocycles. The second-order valence-corrected chi connectivity index (χ2v) is 6.37. The lowest BCUT2D eigenvalue weighted by molar-refractivity contribution is 0.328. The molecule has 2 nitrogen and oxygen atoms in total. The molecule has 112 valence electrons. The lowest BCUT2D eigenvalue weighted by Gasteiger charge is -2.20. The summed E-state index contributed by atoms with van der Waals surface area (Å²) in [6.07, 6.45) is 4.05. The fraction of sp³-hybridized carbons (Fsp3) is 0.667. The maximum atomic E-state index is 3.68. The highest BCUT2D eigenvalue weighted by molar-refractivity contribution is 5.37. The van der Waals surface area contributed by atoms with Gasteiger partial charge in [-0.3, -0.25) is 0 Å². The van der Waals surface area contributed by atoms with E-state index in [4.69, 9.17) is 0 Å². The van der Waals surface area contributed by atoms with Gasteiger partial charge in [-0.05, 0) is 95.4 Å². The SMILES string of the molecule is Cc1cc(C)c(C(C)NCCCN2CCCC2)cc1C. The molecular weight excluding hydrogens is 244 g/mol.